The number of hydrogen-bond donors (Lipinski definition) is 1. The van der Waals surface area contributed by atoms with Crippen LogP contribution in [0.1, 0.15) is 6.92 Å². The first-order chi connectivity index (χ1) is 2.27. The summed E-state index contributed by atoms with van der Waals surface area (Å²) in [6.45, 7) is 4.17. The summed E-state index contributed by atoms with van der Waals surface area (Å²) in [6.07, 6.45) is 1.15. The quantitative estimate of drug-likeness (QED) is 0.478. The lowest BCUT2D eigenvalue weighted by Gasteiger charge is -1.92. The van der Waals surface area contributed by atoms with Crippen molar-refractivity contribution in [1.29, 1.82) is 0 Å². The maximum absolute atomic E-state index is 5.36. The summed E-state index contributed by atoms with van der Waals surface area (Å²) in [7, 11) is -0.0983. The van der Waals surface area contributed by atoms with Crippen LogP contribution in [0.25, 0.3) is 0 Å². The van der Waals surface area contributed by atoms with Crippen LogP contribution in [0, 0.1) is 0 Å². The molecule has 0 aliphatic rings. The smallest absolute Gasteiger partial charge is 0.0228 e. The normalized spacial score (nSPS) is 15.0. The van der Waals surface area contributed by atoms with E-state index in [2.05, 4.69) is 13.6 Å². The van der Waals surface area contributed by atoms with Crippen LogP contribution in [-0.4, -0.2) is 12.8 Å². The number of nitrogens with two attached hydrogens (primary N) is 1. The second kappa shape index (κ2) is 2.62. The lowest BCUT2D eigenvalue weighted by Crippen LogP contribution is -1.84. The van der Waals surface area contributed by atoms with Crippen molar-refractivity contribution in [1.82, 2.24) is 0 Å². The first-order valence-electron chi connectivity index (χ1n) is 1.73. The van der Waals surface area contributed by atoms with Crippen LogP contribution < -0.4 is 5.50 Å². The molecule has 2 heteroatoms. The van der Waals surface area contributed by atoms with Gasteiger partial charge in [0.1, 0.15) is 0 Å². The molecule has 32 valence electrons. The lowest BCUT2D eigenvalue weighted by atomic mass is 11.0. The standard InChI is InChI=1S/C3H10NP/c1-3-5(2)4/h3-4H2,1-2H3. The van der Waals surface area contributed by atoms with Crippen LogP contribution in [0.5, 0.6) is 0 Å². The van der Waals surface area contributed by atoms with E-state index in [1.165, 1.54) is 0 Å². The Morgan fingerprint density at radius 1 is 1.80 bits per heavy atom. The Labute approximate surface area is 34.4 Å². The fourth-order valence-electron chi connectivity index (χ4n) is 0. The van der Waals surface area contributed by atoms with Gasteiger partial charge < -0.3 is 5.50 Å². The predicted molar refractivity (Wildman–Crippen MR) is 27.6 cm³/mol. The van der Waals surface area contributed by atoms with Crippen LogP contribution >= 0.6 is 8.07 Å². The fraction of sp³-hybridized carbons (Fsp3) is 1.00. The maximum atomic E-state index is 5.36. The van der Waals surface area contributed by atoms with Crippen molar-refractivity contribution < 1.29 is 0 Å². The van der Waals surface area contributed by atoms with E-state index in [0.29, 0.717) is 0 Å². The van der Waals surface area contributed by atoms with Crippen molar-refractivity contribution in [3.63, 3.8) is 0 Å². The van der Waals surface area contributed by atoms with E-state index in [1.807, 2.05) is 0 Å². The van der Waals surface area contributed by atoms with Gasteiger partial charge in [-0.15, -0.1) is 0 Å². The van der Waals surface area contributed by atoms with Gasteiger partial charge in [0.2, 0.25) is 0 Å². The molecule has 1 unspecified atom stereocenters. The topological polar surface area (TPSA) is 26.0 Å². The second-order valence-corrected chi connectivity index (χ2v) is 3.22. The molecule has 1 nitrogen and oxygen atoms in total. The van der Waals surface area contributed by atoms with Gasteiger partial charge in [0.25, 0.3) is 0 Å². The van der Waals surface area contributed by atoms with Crippen LogP contribution in [0.2, 0.25) is 0 Å². The minimum absolute atomic E-state index is 0.0983. The Balaban J connectivity index is 2.54. The van der Waals surface area contributed by atoms with Gasteiger partial charge in [-0.1, -0.05) is 6.92 Å². The zero-order chi connectivity index (χ0) is 4.28. The molecule has 0 aliphatic carbocycles. The summed E-state index contributed by atoms with van der Waals surface area (Å²) in [5.41, 5.74) is 5.36. The van der Waals surface area contributed by atoms with Crippen LogP contribution in [0.4, 0.5) is 0 Å². The van der Waals surface area contributed by atoms with Gasteiger partial charge in [-0.3, -0.25) is 0 Å². The van der Waals surface area contributed by atoms with E-state index in [-0.39, 0.29) is 8.07 Å². The van der Waals surface area contributed by atoms with E-state index in [9.17, 15) is 0 Å². The lowest BCUT2D eigenvalue weighted by molar-refractivity contribution is 1.48. The average Bonchev–Trinajstić information content (AvgIpc) is 1.38. The van der Waals surface area contributed by atoms with Gasteiger partial charge in [-0.2, -0.15) is 0 Å². The molecule has 1 atom stereocenters. The highest BCUT2D eigenvalue weighted by molar-refractivity contribution is 7.54. The van der Waals surface area contributed by atoms with Crippen molar-refractivity contribution in [3.8, 4) is 0 Å². The summed E-state index contributed by atoms with van der Waals surface area (Å²) in [4.78, 5) is 0. The molecule has 0 bridgehead atoms. The van der Waals surface area contributed by atoms with Crippen molar-refractivity contribution in [2.24, 2.45) is 5.50 Å². The molecule has 0 saturated carbocycles. The molecule has 0 radical (unpaired) electrons. The second-order valence-electron chi connectivity index (χ2n) is 1.07. The van der Waals surface area contributed by atoms with Gasteiger partial charge >= 0.3 is 0 Å². The zero-order valence-electron chi connectivity index (χ0n) is 3.73. The molecular weight excluding hydrogens is 81.0 g/mol. The number of hydrogen-bond acceptors (Lipinski definition) is 1. The Hall–Kier alpha value is 0.390. The molecule has 0 heterocycles. The molecule has 0 spiro atoms. The van der Waals surface area contributed by atoms with Crippen LogP contribution in [-0.2, 0) is 0 Å². The van der Waals surface area contributed by atoms with E-state index in [4.69, 9.17) is 5.50 Å². The highest BCUT2D eigenvalue weighted by Crippen LogP contribution is 2.15. The molecule has 0 saturated heterocycles. The maximum Gasteiger partial charge on any atom is -0.0228 e. The molecule has 0 aromatic heterocycles. The van der Waals surface area contributed by atoms with Gasteiger partial charge in [0.05, 0.1) is 0 Å². The van der Waals surface area contributed by atoms with Crippen molar-refractivity contribution in [2.75, 3.05) is 12.8 Å². The summed E-state index contributed by atoms with van der Waals surface area (Å²) < 4.78 is 0. The summed E-state index contributed by atoms with van der Waals surface area (Å²) in [5, 5.41) is 0. The van der Waals surface area contributed by atoms with Gasteiger partial charge in [0.15, 0.2) is 0 Å². The Morgan fingerprint density at radius 3 is 2.00 bits per heavy atom. The molecule has 0 fully saturated rings. The van der Waals surface area contributed by atoms with Gasteiger partial charge in [-0.05, 0) is 20.9 Å². The van der Waals surface area contributed by atoms with Crippen LogP contribution in [0.15, 0.2) is 0 Å². The summed E-state index contributed by atoms with van der Waals surface area (Å²) >= 11 is 0. The molecule has 0 amide bonds. The van der Waals surface area contributed by atoms with Crippen molar-refractivity contribution in [2.45, 2.75) is 6.92 Å². The van der Waals surface area contributed by atoms with Crippen molar-refractivity contribution in [3.05, 3.63) is 0 Å². The van der Waals surface area contributed by atoms with Gasteiger partial charge in [0, 0.05) is 0 Å². The molecule has 0 aliphatic heterocycles. The zero-order valence-corrected chi connectivity index (χ0v) is 4.63. The predicted octanol–water partition coefficient (Wildman–Crippen LogP) is 0.992. The largest absolute Gasteiger partial charge is 0.310 e. The highest BCUT2D eigenvalue weighted by Gasteiger charge is 1.78. The third-order valence-electron chi connectivity index (χ3n) is 0.499. The fourth-order valence-corrected chi connectivity index (χ4v) is 0. The van der Waals surface area contributed by atoms with E-state index in [1.54, 1.807) is 0 Å². The monoisotopic (exact) mass is 91.1 g/mol. The molecule has 2 N–H and O–H groups in total. The molecular formula is C3H10NP. The summed E-state index contributed by atoms with van der Waals surface area (Å²) in [6, 6.07) is 0. The molecule has 0 aromatic carbocycles. The van der Waals surface area contributed by atoms with Gasteiger partial charge in [-0.25, -0.2) is 0 Å². The minimum Gasteiger partial charge on any atom is -0.310 e. The van der Waals surface area contributed by atoms with E-state index < -0.39 is 0 Å². The first-order valence-corrected chi connectivity index (χ1v) is 3.77. The first kappa shape index (κ1) is 5.39. The average molecular weight is 91.1 g/mol. The highest BCUT2D eigenvalue weighted by atomic mass is 31.1. The Bertz CT molecular complexity index is 20.9. The number of rotatable bonds is 1. The summed E-state index contributed by atoms with van der Waals surface area (Å²) in [5.74, 6) is 0. The Kier molecular flexibility index (Phi) is 2.82. The van der Waals surface area contributed by atoms with Crippen molar-refractivity contribution >= 4 is 8.07 Å². The SMILES string of the molecule is CCP(C)N. The molecule has 0 rings (SSSR count). The minimum atomic E-state index is -0.0983. The Morgan fingerprint density at radius 2 is 2.00 bits per heavy atom. The third-order valence-corrected chi connectivity index (χ3v) is 1.50. The van der Waals surface area contributed by atoms with Crippen LogP contribution in [0.3, 0.4) is 0 Å². The van der Waals surface area contributed by atoms with E-state index >= 15 is 0 Å². The molecule has 5 heavy (non-hydrogen) atoms. The van der Waals surface area contributed by atoms with E-state index in [0.717, 1.165) is 6.16 Å². The molecule has 0 aromatic rings. The third kappa shape index (κ3) is 4.39.